The molecule has 16 nitrogen and oxygen atoms in total. The van der Waals surface area contributed by atoms with Crippen LogP contribution in [0.25, 0.3) is 0 Å². The lowest BCUT2D eigenvalue weighted by molar-refractivity contribution is -0.249. The molecule has 2 saturated heterocycles. The summed E-state index contributed by atoms with van der Waals surface area (Å²) >= 11 is 0. The summed E-state index contributed by atoms with van der Waals surface area (Å²) in [5.41, 5.74) is 43.0. The predicted octanol–water partition coefficient (Wildman–Crippen LogP) is -6.57. The van der Waals surface area contributed by atoms with Gasteiger partial charge >= 0.3 is 0 Å². The van der Waals surface area contributed by atoms with E-state index in [1.165, 1.54) is 0 Å². The number of ether oxygens (including phenoxy) is 4. The van der Waals surface area contributed by atoms with E-state index < -0.39 is 110 Å². The monoisotopic (exact) mass is 593 g/mol. The number of rotatable bonds is 9. The molecular weight excluding hydrogens is 542 g/mol. The molecule has 18 atom stereocenters. The average molecular weight is 594 g/mol. The molecule has 0 radical (unpaired) electrons. The van der Waals surface area contributed by atoms with Crippen LogP contribution in [0.3, 0.4) is 0 Å². The Morgan fingerprint density at radius 1 is 0.780 bits per heavy atom. The second-order valence-electron chi connectivity index (χ2n) is 12.2. The minimum Gasteiger partial charge on any atom is -0.394 e. The van der Waals surface area contributed by atoms with Gasteiger partial charge in [-0.2, -0.15) is 0 Å². The lowest BCUT2D eigenvalue weighted by atomic mass is 9.72. The highest BCUT2D eigenvalue weighted by atomic mass is 16.7. The van der Waals surface area contributed by atoms with Crippen molar-refractivity contribution in [1.29, 1.82) is 0 Å². The highest BCUT2D eigenvalue weighted by Crippen LogP contribution is 2.38. The maximum atomic E-state index is 11.3. The first-order valence-corrected chi connectivity index (χ1v) is 14.6. The predicted molar refractivity (Wildman–Crippen MR) is 145 cm³/mol. The fourth-order valence-corrected chi connectivity index (χ4v) is 6.85. The average Bonchev–Trinajstić information content (AvgIpc) is 3.25. The Morgan fingerprint density at radius 3 is 2.12 bits per heavy atom. The maximum Gasteiger partial charge on any atom is 0.187 e. The molecule has 4 rings (SSSR count). The zero-order valence-corrected chi connectivity index (χ0v) is 23.3. The van der Waals surface area contributed by atoms with Crippen LogP contribution in [-0.2, 0) is 18.9 Å². The van der Waals surface area contributed by atoms with Gasteiger partial charge < -0.3 is 84.6 Å². The normalized spacial score (nSPS) is 52.0. The van der Waals surface area contributed by atoms with Crippen LogP contribution in [0.5, 0.6) is 0 Å². The number of aliphatic hydroxyl groups excluding tert-OH is 5. The molecular formula is C25H51N7O9. The smallest absolute Gasteiger partial charge is 0.187 e. The van der Waals surface area contributed by atoms with Crippen molar-refractivity contribution in [2.45, 2.75) is 123 Å². The molecule has 0 aromatic rings. The molecule has 16 heteroatoms. The van der Waals surface area contributed by atoms with Crippen molar-refractivity contribution in [2.75, 3.05) is 19.7 Å². The summed E-state index contributed by atoms with van der Waals surface area (Å²) < 4.78 is 24.4. The van der Waals surface area contributed by atoms with Crippen LogP contribution in [0.2, 0.25) is 0 Å². The Labute approximate surface area is 239 Å². The second-order valence-corrected chi connectivity index (χ2v) is 12.2. The van der Waals surface area contributed by atoms with Crippen molar-refractivity contribution in [3.8, 4) is 0 Å². The number of hydrogen-bond acceptors (Lipinski definition) is 16. The van der Waals surface area contributed by atoms with Gasteiger partial charge in [-0.1, -0.05) is 0 Å². The zero-order chi connectivity index (χ0) is 30.2. The van der Waals surface area contributed by atoms with E-state index in [2.05, 4.69) is 0 Å². The Morgan fingerprint density at radius 2 is 1.49 bits per heavy atom. The van der Waals surface area contributed by atoms with Gasteiger partial charge in [0.2, 0.25) is 0 Å². The van der Waals surface area contributed by atoms with E-state index in [0.29, 0.717) is 12.8 Å². The van der Waals surface area contributed by atoms with Crippen molar-refractivity contribution < 1.29 is 44.5 Å². The van der Waals surface area contributed by atoms with Crippen LogP contribution in [0.1, 0.15) is 25.7 Å². The molecule has 2 aliphatic carbocycles. The van der Waals surface area contributed by atoms with E-state index >= 15 is 0 Å². The highest BCUT2D eigenvalue weighted by Gasteiger charge is 2.54. The Bertz CT molecular complexity index is 836. The van der Waals surface area contributed by atoms with Gasteiger partial charge in [0, 0.05) is 42.5 Å². The summed E-state index contributed by atoms with van der Waals surface area (Å²) in [6, 6.07) is -3.11. The molecule has 19 N–H and O–H groups in total. The van der Waals surface area contributed by atoms with Gasteiger partial charge in [0.25, 0.3) is 0 Å². The second kappa shape index (κ2) is 14.0. The molecule has 41 heavy (non-hydrogen) atoms. The van der Waals surface area contributed by atoms with E-state index in [1.54, 1.807) is 0 Å². The van der Waals surface area contributed by atoms with Gasteiger partial charge in [0.05, 0.1) is 55.4 Å². The molecule has 0 spiro atoms. The molecule has 1 unspecified atom stereocenters. The molecule has 0 aromatic carbocycles. The molecule has 4 fully saturated rings. The molecule has 240 valence electrons. The van der Waals surface area contributed by atoms with E-state index in [1.807, 2.05) is 0 Å². The third-order valence-corrected chi connectivity index (χ3v) is 9.45. The quantitative estimate of drug-likeness (QED) is 0.118. The zero-order valence-electron chi connectivity index (χ0n) is 23.3. The summed E-state index contributed by atoms with van der Waals surface area (Å²) in [7, 11) is 0. The number of hydrogen-bond donors (Lipinski definition) is 12. The van der Waals surface area contributed by atoms with Crippen molar-refractivity contribution in [3.63, 3.8) is 0 Å². The number of aliphatic hydroxyl groups is 5. The number of nitrogens with two attached hydrogens (primary N) is 7. The first-order chi connectivity index (χ1) is 19.4. The molecule has 0 amide bonds. The minimum absolute atomic E-state index is 0.0908. The van der Waals surface area contributed by atoms with E-state index in [4.69, 9.17) is 59.1 Å². The fourth-order valence-electron chi connectivity index (χ4n) is 6.85. The molecule has 2 heterocycles. The maximum absolute atomic E-state index is 11.3. The first kappa shape index (κ1) is 33.3. The third-order valence-electron chi connectivity index (χ3n) is 9.45. The van der Waals surface area contributed by atoms with Crippen LogP contribution in [-0.4, -0.2) is 143 Å². The van der Waals surface area contributed by atoms with Crippen molar-refractivity contribution in [2.24, 2.45) is 52.0 Å². The fraction of sp³-hybridized carbons (Fsp3) is 1.00. The summed E-state index contributed by atoms with van der Waals surface area (Å²) in [5, 5.41) is 53.1. The molecule has 0 bridgehead atoms. The van der Waals surface area contributed by atoms with Crippen LogP contribution in [0, 0.1) is 11.8 Å². The van der Waals surface area contributed by atoms with Crippen molar-refractivity contribution in [3.05, 3.63) is 0 Å². The van der Waals surface area contributed by atoms with Gasteiger partial charge in [0.15, 0.2) is 6.29 Å². The SMILES string of the molecule is NC[C@@H]1C[C@H](O[C@H]2[C@@H](O)[C@H](O[C@@H]3[C@@H](O)[C@H](N)C[C@H](N)[C@H]3C3O[C@H]([C@@H](N)CN)CC[C@H]3N)O[C@@H]2CO)[C@H](N)[C@@H](O)[C@@H]1O. The molecule has 0 aromatic heterocycles. The van der Waals surface area contributed by atoms with Crippen LogP contribution in [0.15, 0.2) is 0 Å². The van der Waals surface area contributed by atoms with Gasteiger partial charge in [-0.05, 0) is 32.2 Å². The summed E-state index contributed by atoms with van der Waals surface area (Å²) in [6.07, 6.45) is -9.66. The molecule has 2 aliphatic heterocycles. The largest absolute Gasteiger partial charge is 0.394 e. The van der Waals surface area contributed by atoms with Crippen molar-refractivity contribution >= 4 is 0 Å². The lowest BCUT2D eigenvalue weighted by Gasteiger charge is -2.50. The Balaban J connectivity index is 1.52. The lowest BCUT2D eigenvalue weighted by Crippen LogP contribution is -2.67. The summed E-state index contributed by atoms with van der Waals surface area (Å²) in [6.45, 7) is -0.219. The standard InChI is InChI=1S/C25H51N7O9/c26-5-8-3-14(17(32)20(36)18(8)34)39-23-15(7-33)40-25(21(23)37)41-24-16(10(29)4-11(30)19(24)35)22-9(28)1-2-13(38-22)12(31)6-27/h8-25,33-37H,1-7,26-32H2/t8-,9+,10-,11+,12-,13-,14-,15+,16-,17-,18+,19-,20+,21+,22?,23+,24-,25-/m0/s1. The van der Waals surface area contributed by atoms with Crippen LogP contribution < -0.4 is 40.1 Å². The van der Waals surface area contributed by atoms with E-state index in [-0.39, 0.29) is 32.0 Å². The van der Waals surface area contributed by atoms with Gasteiger partial charge in [-0.15, -0.1) is 0 Å². The van der Waals surface area contributed by atoms with Crippen molar-refractivity contribution in [1.82, 2.24) is 0 Å². The van der Waals surface area contributed by atoms with E-state index in [9.17, 15) is 25.5 Å². The summed E-state index contributed by atoms with van der Waals surface area (Å²) in [4.78, 5) is 0. The van der Waals surface area contributed by atoms with E-state index in [0.717, 1.165) is 0 Å². The highest BCUT2D eigenvalue weighted by molar-refractivity contribution is 5.05. The van der Waals surface area contributed by atoms with Crippen LogP contribution in [0.4, 0.5) is 0 Å². The van der Waals surface area contributed by atoms with Gasteiger partial charge in [-0.25, -0.2) is 0 Å². The molecule has 4 aliphatic rings. The molecule has 2 saturated carbocycles. The Kier molecular flexibility index (Phi) is 11.3. The topological polar surface area (TPSA) is 320 Å². The Hall–Kier alpha value is -0.640. The first-order valence-electron chi connectivity index (χ1n) is 14.6. The van der Waals surface area contributed by atoms with Crippen LogP contribution >= 0.6 is 0 Å². The summed E-state index contributed by atoms with van der Waals surface area (Å²) in [5.74, 6) is -1.12. The van der Waals surface area contributed by atoms with Gasteiger partial charge in [0.1, 0.15) is 18.3 Å². The minimum atomic E-state index is -1.43. The van der Waals surface area contributed by atoms with Gasteiger partial charge in [-0.3, -0.25) is 0 Å². The third kappa shape index (κ3) is 6.73.